The van der Waals surface area contributed by atoms with Crippen molar-refractivity contribution in [1.82, 2.24) is 15.3 Å². The van der Waals surface area contributed by atoms with Gasteiger partial charge in [0, 0.05) is 5.02 Å². The minimum absolute atomic E-state index is 0.0131. The molecule has 0 unspecified atom stereocenters. The fourth-order valence-electron chi connectivity index (χ4n) is 2.38. The minimum Gasteiger partial charge on any atom is -0.269 e. The van der Waals surface area contributed by atoms with Crippen LogP contribution in [0.3, 0.4) is 0 Å². The molecule has 1 aromatic heterocycles. The molecule has 0 saturated carbocycles. The molecule has 3 aromatic rings. The van der Waals surface area contributed by atoms with Crippen molar-refractivity contribution in [3.8, 4) is 5.69 Å². The smallest absolute Gasteiger partial charge is 0.269 e. The van der Waals surface area contributed by atoms with Gasteiger partial charge in [0.05, 0.1) is 24.1 Å². The molecule has 140 valence electrons. The van der Waals surface area contributed by atoms with E-state index >= 15 is 0 Å². The maximum atomic E-state index is 13.5. The first-order valence-electron chi connectivity index (χ1n) is 7.73. The van der Waals surface area contributed by atoms with Crippen molar-refractivity contribution in [2.24, 2.45) is 0 Å². The van der Waals surface area contributed by atoms with E-state index in [0.29, 0.717) is 9.70 Å². The molecule has 0 radical (unpaired) electrons. The molecule has 1 amide bonds. The molecule has 0 atom stereocenters. The molecule has 27 heavy (non-hydrogen) atoms. The Morgan fingerprint density at radius 2 is 1.78 bits per heavy atom. The normalized spacial score (nSPS) is 11.4. The Morgan fingerprint density at radius 1 is 1.11 bits per heavy atom. The molecule has 3 rings (SSSR count). The third-order valence-corrected chi connectivity index (χ3v) is 3.85. The van der Waals surface area contributed by atoms with Crippen LogP contribution in [-0.2, 0) is 17.6 Å². The molecule has 1 heterocycles. The summed E-state index contributed by atoms with van der Waals surface area (Å²) in [6.07, 6.45) is -3.96. The molecule has 0 aliphatic carbocycles. The number of hydrogen-bond acceptors (Lipinski definition) is 3. The zero-order valence-corrected chi connectivity index (χ0v) is 14.5. The van der Waals surface area contributed by atoms with Crippen LogP contribution in [0, 0.1) is 0 Å². The number of benzene rings is 2. The SMILES string of the molecule is O=C(NOCc1ccccc1)c1cnn(-c2ccc(Cl)cc2)c1C(F)(F)F. The van der Waals surface area contributed by atoms with Crippen molar-refractivity contribution in [3.05, 3.63) is 82.6 Å². The van der Waals surface area contributed by atoms with Crippen LogP contribution in [0.1, 0.15) is 21.6 Å². The predicted molar refractivity (Wildman–Crippen MR) is 92.3 cm³/mol. The van der Waals surface area contributed by atoms with E-state index in [-0.39, 0.29) is 12.3 Å². The molecule has 0 fully saturated rings. The Bertz CT molecular complexity index is 925. The minimum atomic E-state index is -4.80. The van der Waals surface area contributed by atoms with Gasteiger partial charge < -0.3 is 0 Å². The molecular formula is C18H13ClF3N3O2. The van der Waals surface area contributed by atoms with E-state index in [1.54, 1.807) is 24.3 Å². The maximum Gasteiger partial charge on any atom is 0.434 e. The Balaban J connectivity index is 1.82. The molecule has 0 aliphatic heterocycles. The number of nitrogens with one attached hydrogen (secondary N) is 1. The summed E-state index contributed by atoms with van der Waals surface area (Å²) in [5, 5.41) is 4.07. The first kappa shape index (κ1) is 18.9. The van der Waals surface area contributed by atoms with Gasteiger partial charge in [-0.3, -0.25) is 9.63 Å². The Hall–Kier alpha value is -2.84. The zero-order chi connectivity index (χ0) is 19.4. The van der Waals surface area contributed by atoms with Crippen LogP contribution < -0.4 is 5.48 Å². The van der Waals surface area contributed by atoms with Gasteiger partial charge in [-0.1, -0.05) is 41.9 Å². The third kappa shape index (κ3) is 4.47. The maximum absolute atomic E-state index is 13.5. The number of carbonyl (C=O) groups is 1. The highest BCUT2D eigenvalue weighted by Gasteiger charge is 2.40. The largest absolute Gasteiger partial charge is 0.434 e. The summed E-state index contributed by atoms with van der Waals surface area (Å²) in [7, 11) is 0. The van der Waals surface area contributed by atoms with Crippen LogP contribution in [0.5, 0.6) is 0 Å². The molecule has 9 heteroatoms. The highest BCUT2D eigenvalue weighted by molar-refractivity contribution is 6.30. The standard InChI is InChI=1S/C18H13ClF3N3O2/c19-13-6-8-14(9-7-13)25-16(18(20,21)22)15(10-23-25)17(26)24-27-11-12-4-2-1-3-5-12/h1-10H,11H2,(H,24,26). The van der Waals surface area contributed by atoms with E-state index in [4.69, 9.17) is 16.4 Å². The number of carbonyl (C=O) groups excluding carboxylic acids is 1. The third-order valence-electron chi connectivity index (χ3n) is 3.60. The molecule has 0 bridgehead atoms. The topological polar surface area (TPSA) is 56.1 Å². The first-order valence-corrected chi connectivity index (χ1v) is 8.11. The Morgan fingerprint density at radius 3 is 2.41 bits per heavy atom. The van der Waals surface area contributed by atoms with Crippen LogP contribution in [0.2, 0.25) is 5.02 Å². The molecular weight excluding hydrogens is 383 g/mol. The predicted octanol–water partition coefficient (Wildman–Crippen LogP) is 4.41. The van der Waals surface area contributed by atoms with E-state index in [2.05, 4.69) is 5.10 Å². The van der Waals surface area contributed by atoms with E-state index in [9.17, 15) is 18.0 Å². The highest BCUT2D eigenvalue weighted by Crippen LogP contribution is 2.33. The van der Waals surface area contributed by atoms with Gasteiger partial charge in [-0.25, -0.2) is 10.2 Å². The van der Waals surface area contributed by atoms with Crippen molar-refractivity contribution >= 4 is 17.5 Å². The Labute approximate surface area is 157 Å². The van der Waals surface area contributed by atoms with Gasteiger partial charge in [-0.2, -0.15) is 18.3 Å². The highest BCUT2D eigenvalue weighted by atomic mass is 35.5. The summed E-state index contributed by atoms with van der Waals surface area (Å²) in [6.45, 7) is 0.0131. The van der Waals surface area contributed by atoms with E-state index in [1.807, 2.05) is 11.5 Å². The van der Waals surface area contributed by atoms with Crippen molar-refractivity contribution < 1.29 is 22.8 Å². The summed E-state index contributed by atoms with van der Waals surface area (Å²) in [5.41, 5.74) is 1.05. The van der Waals surface area contributed by atoms with Gasteiger partial charge in [0.15, 0.2) is 5.69 Å². The van der Waals surface area contributed by atoms with Crippen LogP contribution in [0.15, 0.2) is 60.8 Å². The summed E-state index contributed by atoms with van der Waals surface area (Å²) in [4.78, 5) is 17.2. The molecule has 0 aliphatic rings. The van der Waals surface area contributed by atoms with Crippen molar-refractivity contribution in [3.63, 3.8) is 0 Å². The number of amides is 1. The summed E-state index contributed by atoms with van der Waals surface area (Å²) >= 11 is 5.76. The average molecular weight is 396 g/mol. The number of nitrogens with zero attached hydrogens (tertiary/aromatic N) is 2. The van der Waals surface area contributed by atoms with Gasteiger partial charge in [0.2, 0.25) is 0 Å². The lowest BCUT2D eigenvalue weighted by Crippen LogP contribution is -2.26. The van der Waals surface area contributed by atoms with Gasteiger partial charge in [-0.05, 0) is 29.8 Å². The summed E-state index contributed by atoms with van der Waals surface area (Å²) < 4.78 is 41.3. The lowest BCUT2D eigenvalue weighted by molar-refractivity contribution is -0.143. The van der Waals surface area contributed by atoms with E-state index < -0.39 is 23.3 Å². The van der Waals surface area contributed by atoms with Crippen molar-refractivity contribution in [1.29, 1.82) is 0 Å². The quantitative estimate of drug-likeness (QED) is 0.651. The van der Waals surface area contributed by atoms with E-state index in [1.165, 1.54) is 24.3 Å². The van der Waals surface area contributed by atoms with Gasteiger partial charge in [0.25, 0.3) is 5.91 Å². The second-order valence-electron chi connectivity index (χ2n) is 5.50. The molecule has 0 saturated heterocycles. The van der Waals surface area contributed by atoms with Gasteiger partial charge >= 0.3 is 6.18 Å². The number of halogens is 4. The second kappa shape index (κ2) is 7.81. The number of aromatic nitrogens is 2. The number of alkyl halides is 3. The number of rotatable bonds is 5. The van der Waals surface area contributed by atoms with Crippen LogP contribution in [0.4, 0.5) is 13.2 Å². The summed E-state index contributed by atoms with van der Waals surface area (Å²) in [6, 6.07) is 14.5. The lowest BCUT2D eigenvalue weighted by atomic mass is 10.2. The van der Waals surface area contributed by atoms with Crippen LogP contribution in [0.25, 0.3) is 5.69 Å². The fourth-order valence-corrected chi connectivity index (χ4v) is 2.51. The van der Waals surface area contributed by atoms with Gasteiger partial charge in [-0.15, -0.1) is 0 Å². The fraction of sp³-hybridized carbons (Fsp3) is 0.111. The molecule has 1 N–H and O–H groups in total. The lowest BCUT2D eigenvalue weighted by Gasteiger charge is -2.13. The Kier molecular flexibility index (Phi) is 5.48. The van der Waals surface area contributed by atoms with Crippen LogP contribution in [-0.4, -0.2) is 15.7 Å². The number of hydroxylamine groups is 1. The monoisotopic (exact) mass is 395 g/mol. The first-order chi connectivity index (χ1) is 12.9. The van der Waals surface area contributed by atoms with Crippen molar-refractivity contribution in [2.75, 3.05) is 0 Å². The molecule has 2 aromatic carbocycles. The molecule has 0 spiro atoms. The summed E-state index contributed by atoms with van der Waals surface area (Å²) in [5.74, 6) is -1.04. The van der Waals surface area contributed by atoms with E-state index in [0.717, 1.165) is 11.8 Å². The zero-order valence-electron chi connectivity index (χ0n) is 13.7. The second-order valence-corrected chi connectivity index (χ2v) is 5.93. The number of hydrogen-bond donors (Lipinski definition) is 1. The average Bonchev–Trinajstić information content (AvgIpc) is 3.09. The van der Waals surface area contributed by atoms with Crippen molar-refractivity contribution in [2.45, 2.75) is 12.8 Å². The van der Waals surface area contributed by atoms with Gasteiger partial charge in [0.1, 0.15) is 0 Å². The molecule has 5 nitrogen and oxygen atoms in total. The van der Waals surface area contributed by atoms with Crippen LogP contribution >= 0.6 is 11.6 Å².